The van der Waals surface area contributed by atoms with Crippen LogP contribution in [-0.2, 0) is 4.79 Å². The van der Waals surface area contributed by atoms with Gasteiger partial charge in [0.15, 0.2) is 6.61 Å². The highest BCUT2D eigenvalue weighted by Gasteiger charge is 2.23. The number of carbonyl (C=O) groups is 1. The summed E-state index contributed by atoms with van der Waals surface area (Å²) in [6.45, 7) is 11.6. The van der Waals surface area contributed by atoms with Crippen LogP contribution in [-0.4, -0.2) is 43.1 Å². The summed E-state index contributed by atoms with van der Waals surface area (Å²) in [6, 6.07) is 6.53. The van der Waals surface area contributed by atoms with Crippen molar-refractivity contribution in [1.29, 1.82) is 0 Å². The Morgan fingerprint density at radius 2 is 2.22 bits per heavy atom. The van der Waals surface area contributed by atoms with Gasteiger partial charge in [-0.1, -0.05) is 26.8 Å². The van der Waals surface area contributed by atoms with Crippen LogP contribution in [0.4, 0.5) is 0 Å². The Labute approximate surface area is 140 Å². The van der Waals surface area contributed by atoms with Crippen molar-refractivity contribution in [2.45, 2.75) is 52.5 Å². The molecule has 2 rings (SSSR count). The highest BCUT2D eigenvalue weighted by atomic mass is 16.5. The molecule has 0 spiro atoms. The van der Waals surface area contributed by atoms with E-state index in [0.29, 0.717) is 12.0 Å². The zero-order valence-corrected chi connectivity index (χ0v) is 14.9. The Bertz CT molecular complexity index is 528. The maximum absolute atomic E-state index is 12.0. The number of nitrogens with one attached hydrogen (secondary N) is 1. The molecule has 1 N–H and O–H groups in total. The van der Waals surface area contributed by atoms with E-state index in [1.54, 1.807) is 0 Å². The van der Waals surface area contributed by atoms with Gasteiger partial charge in [-0.15, -0.1) is 0 Å². The second-order valence-electron chi connectivity index (χ2n) is 6.69. The smallest absolute Gasteiger partial charge is 0.257 e. The average Bonchev–Trinajstić information content (AvgIpc) is 2.98. The summed E-state index contributed by atoms with van der Waals surface area (Å²) in [5, 5.41) is 3.00. The topological polar surface area (TPSA) is 41.6 Å². The molecule has 128 valence electrons. The summed E-state index contributed by atoms with van der Waals surface area (Å²) < 4.78 is 5.63. The third-order valence-electron chi connectivity index (χ3n) is 4.67. The maximum atomic E-state index is 12.0. The fourth-order valence-electron chi connectivity index (χ4n) is 3.36. The minimum absolute atomic E-state index is 0.0430. The summed E-state index contributed by atoms with van der Waals surface area (Å²) in [7, 11) is 0. The molecule has 0 aliphatic carbocycles. The van der Waals surface area contributed by atoms with Gasteiger partial charge in [0.25, 0.3) is 5.91 Å². The summed E-state index contributed by atoms with van der Waals surface area (Å²) in [5.74, 6) is 1.22. The molecule has 1 aliphatic rings. The lowest BCUT2D eigenvalue weighted by atomic mass is 9.98. The molecule has 0 radical (unpaired) electrons. The standard InChI is InChI=1S/C19H30N2O2/c1-5-21-10-6-7-16(21)12-20-19(22)13-23-17-8-9-18(14(2)3)15(4)11-17/h8-9,11,14,16H,5-7,10,12-13H2,1-4H3,(H,20,22). The van der Waals surface area contributed by atoms with E-state index in [1.807, 2.05) is 12.1 Å². The maximum Gasteiger partial charge on any atom is 0.257 e. The molecule has 0 bridgehead atoms. The molecule has 1 aliphatic heterocycles. The van der Waals surface area contributed by atoms with E-state index in [9.17, 15) is 4.79 Å². The molecule has 0 saturated carbocycles. The van der Waals surface area contributed by atoms with Crippen LogP contribution in [0.25, 0.3) is 0 Å². The Balaban J connectivity index is 1.77. The SMILES string of the molecule is CCN1CCCC1CNC(=O)COc1ccc(C(C)C)c(C)c1. The van der Waals surface area contributed by atoms with Crippen molar-refractivity contribution in [2.75, 3.05) is 26.2 Å². The van der Waals surface area contributed by atoms with E-state index in [1.165, 1.54) is 24.0 Å². The summed E-state index contributed by atoms with van der Waals surface area (Å²) >= 11 is 0. The largest absolute Gasteiger partial charge is 0.484 e. The molecule has 1 amide bonds. The number of carbonyl (C=O) groups excluding carboxylic acids is 1. The quantitative estimate of drug-likeness (QED) is 0.840. The lowest BCUT2D eigenvalue weighted by molar-refractivity contribution is -0.123. The number of rotatable bonds is 7. The molecule has 1 fully saturated rings. The number of likely N-dealkylation sites (tertiary alicyclic amines) is 1. The van der Waals surface area contributed by atoms with Crippen molar-refractivity contribution < 1.29 is 9.53 Å². The Hall–Kier alpha value is -1.55. The van der Waals surface area contributed by atoms with E-state index in [4.69, 9.17) is 4.74 Å². The third kappa shape index (κ3) is 4.96. The van der Waals surface area contributed by atoms with Gasteiger partial charge in [-0.05, 0) is 62.0 Å². The van der Waals surface area contributed by atoms with Gasteiger partial charge in [0.1, 0.15) is 5.75 Å². The fraction of sp³-hybridized carbons (Fsp3) is 0.632. The second-order valence-corrected chi connectivity index (χ2v) is 6.69. The molecule has 1 aromatic carbocycles. The van der Waals surface area contributed by atoms with E-state index >= 15 is 0 Å². The molecule has 23 heavy (non-hydrogen) atoms. The molecule has 1 aromatic rings. The van der Waals surface area contributed by atoms with Crippen LogP contribution in [0.1, 0.15) is 50.7 Å². The number of hydrogen-bond acceptors (Lipinski definition) is 3. The Morgan fingerprint density at radius 3 is 2.87 bits per heavy atom. The lowest BCUT2D eigenvalue weighted by Crippen LogP contribution is -2.41. The summed E-state index contributed by atoms with van der Waals surface area (Å²) in [5.41, 5.74) is 2.53. The van der Waals surface area contributed by atoms with Crippen LogP contribution >= 0.6 is 0 Å². The molecule has 0 aromatic heterocycles. The summed E-state index contributed by atoms with van der Waals surface area (Å²) in [4.78, 5) is 14.4. The van der Waals surface area contributed by atoms with Crippen molar-refractivity contribution in [1.82, 2.24) is 10.2 Å². The summed E-state index contributed by atoms with van der Waals surface area (Å²) in [6.07, 6.45) is 2.40. The van der Waals surface area contributed by atoms with Crippen molar-refractivity contribution in [3.8, 4) is 5.75 Å². The number of nitrogens with zero attached hydrogens (tertiary/aromatic N) is 1. The van der Waals surface area contributed by atoms with E-state index in [0.717, 1.165) is 25.4 Å². The first-order valence-electron chi connectivity index (χ1n) is 8.75. The van der Waals surface area contributed by atoms with Gasteiger partial charge in [-0.25, -0.2) is 0 Å². The van der Waals surface area contributed by atoms with Crippen LogP contribution in [0.2, 0.25) is 0 Å². The van der Waals surface area contributed by atoms with E-state index < -0.39 is 0 Å². The van der Waals surface area contributed by atoms with Gasteiger partial charge in [-0.3, -0.25) is 9.69 Å². The number of aryl methyl sites for hydroxylation is 1. The third-order valence-corrected chi connectivity index (χ3v) is 4.67. The average molecular weight is 318 g/mol. The molecule has 1 atom stereocenters. The van der Waals surface area contributed by atoms with E-state index in [2.05, 4.69) is 44.0 Å². The minimum atomic E-state index is -0.0430. The molecular formula is C19H30N2O2. The number of benzene rings is 1. The van der Waals surface area contributed by atoms with Gasteiger partial charge < -0.3 is 10.1 Å². The molecule has 4 heteroatoms. The molecular weight excluding hydrogens is 288 g/mol. The van der Waals surface area contributed by atoms with Gasteiger partial charge in [0, 0.05) is 12.6 Å². The van der Waals surface area contributed by atoms with Crippen LogP contribution in [0.5, 0.6) is 5.75 Å². The van der Waals surface area contributed by atoms with Crippen LogP contribution < -0.4 is 10.1 Å². The molecule has 4 nitrogen and oxygen atoms in total. The Morgan fingerprint density at radius 1 is 1.43 bits per heavy atom. The van der Waals surface area contributed by atoms with Crippen LogP contribution in [0, 0.1) is 6.92 Å². The molecule has 1 saturated heterocycles. The number of ether oxygens (including phenoxy) is 1. The first-order chi connectivity index (χ1) is 11.0. The first kappa shape index (κ1) is 17.8. The number of likely N-dealkylation sites (N-methyl/N-ethyl adjacent to an activating group) is 1. The van der Waals surface area contributed by atoms with Gasteiger partial charge in [0.2, 0.25) is 0 Å². The zero-order chi connectivity index (χ0) is 16.8. The normalized spacial score (nSPS) is 18.4. The van der Waals surface area contributed by atoms with Crippen molar-refractivity contribution in [3.05, 3.63) is 29.3 Å². The number of amides is 1. The lowest BCUT2D eigenvalue weighted by Gasteiger charge is -2.22. The monoisotopic (exact) mass is 318 g/mol. The van der Waals surface area contributed by atoms with Crippen molar-refractivity contribution >= 4 is 5.91 Å². The highest BCUT2D eigenvalue weighted by Crippen LogP contribution is 2.23. The van der Waals surface area contributed by atoms with Gasteiger partial charge >= 0.3 is 0 Å². The number of hydrogen-bond donors (Lipinski definition) is 1. The van der Waals surface area contributed by atoms with E-state index in [-0.39, 0.29) is 12.5 Å². The second kappa shape index (κ2) is 8.34. The molecule has 1 unspecified atom stereocenters. The van der Waals surface area contributed by atoms with Gasteiger partial charge in [0.05, 0.1) is 0 Å². The minimum Gasteiger partial charge on any atom is -0.484 e. The van der Waals surface area contributed by atoms with Crippen molar-refractivity contribution in [2.24, 2.45) is 0 Å². The first-order valence-corrected chi connectivity index (χ1v) is 8.75. The predicted molar refractivity (Wildman–Crippen MR) is 94.0 cm³/mol. The molecule has 1 heterocycles. The fourth-order valence-corrected chi connectivity index (χ4v) is 3.36. The zero-order valence-electron chi connectivity index (χ0n) is 14.9. The van der Waals surface area contributed by atoms with Crippen molar-refractivity contribution in [3.63, 3.8) is 0 Å². The van der Waals surface area contributed by atoms with Gasteiger partial charge in [-0.2, -0.15) is 0 Å². The van der Waals surface area contributed by atoms with Crippen LogP contribution in [0.3, 0.4) is 0 Å². The van der Waals surface area contributed by atoms with Crippen LogP contribution in [0.15, 0.2) is 18.2 Å². The predicted octanol–water partition coefficient (Wildman–Crippen LogP) is 3.10. The highest BCUT2D eigenvalue weighted by molar-refractivity contribution is 5.77. The Kier molecular flexibility index (Phi) is 6.46.